The van der Waals surface area contributed by atoms with Crippen LogP contribution in [0.1, 0.15) is 19.8 Å². The van der Waals surface area contributed by atoms with Gasteiger partial charge in [0.1, 0.15) is 0 Å². The van der Waals surface area contributed by atoms with Crippen LogP contribution in [0.2, 0.25) is 0 Å². The molecule has 1 amide bonds. The molecule has 120 valence electrons. The molecule has 0 radical (unpaired) electrons. The van der Waals surface area contributed by atoms with Crippen molar-refractivity contribution in [3.05, 3.63) is 0 Å². The highest BCUT2D eigenvalue weighted by atomic mass is 35.5. The van der Waals surface area contributed by atoms with Gasteiger partial charge >= 0.3 is 6.18 Å². The first kappa shape index (κ1) is 19.5. The van der Waals surface area contributed by atoms with Crippen LogP contribution in [0.25, 0.3) is 0 Å². The molecule has 1 heterocycles. The van der Waals surface area contributed by atoms with Crippen molar-refractivity contribution in [2.45, 2.75) is 32.0 Å². The number of carbonyl (C=O) groups is 1. The molecule has 1 fully saturated rings. The highest BCUT2D eigenvalue weighted by Gasteiger charge is 2.34. The van der Waals surface area contributed by atoms with Gasteiger partial charge in [-0.25, -0.2) is 0 Å². The van der Waals surface area contributed by atoms with Crippen molar-refractivity contribution in [1.82, 2.24) is 15.5 Å². The van der Waals surface area contributed by atoms with Crippen molar-refractivity contribution in [3.63, 3.8) is 0 Å². The number of likely N-dealkylation sites (N-methyl/N-ethyl adjacent to an activating group) is 1. The quantitative estimate of drug-likeness (QED) is 0.806. The minimum atomic E-state index is -4.20. The summed E-state index contributed by atoms with van der Waals surface area (Å²) in [5, 5.41) is 5.77. The normalized spacial score (nSPS) is 21.9. The van der Waals surface area contributed by atoms with Gasteiger partial charge in [-0.2, -0.15) is 13.2 Å². The van der Waals surface area contributed by atoms with Crippen molar-refractivity contribution in [1.29, 1.82) is 0 Å². The van der Waals surface area contributed by atoms with Gasteiger partial charge in [0.05, 0.1) is 12.5 Å². The summed E-state index contributed by atoms with van der Waals surface area (Å²) in [6, 6.07) is 0.152. The Morgan fingerprint density at radius 1 is 1.45 bits per heavy atom. The van der Waals surface area contributed by atoms with E-state index < -0.39 is 12.7 Å². The molecule has 1 aliphatic heterocycles. The summed E-state index contributed by atoms with van der Waals surface area (Å²) in [7, 11) is 1.79. The van der Waals surface area contributed by atoms with Gasteiger partial charge < -0.3 is 10.6 Å². The van der Waals surface area contributed by atoms with Crippen LogP contribution in [0.15, 0.2) is 0 Å². The van der Waals surface area contributed by atoms with E-state index in [1.807, 2.05) is 6.92 Å². The number of nitrogens with one attached hydrogen (secondary N) is 2. The second-order valence-corrected chi connectivity index (χ2v) is 5.12. The molecule has 2 unspecified atom stereocenters. The van der Waals surface area contributed by atoms with Gasteiger partial charge in [0.25, 0.3) is 0 Å². The number of amides is 1. The Morgan fingerprint density at radius 2 is 2.10 bits per heavy atom. The van der Waals surface area contributed by atoms with Crippen molar-refractivity contribution in [2.75, 3.05) is 33.2 Å². The Morgan fingerprint density at radius 3 is 2.65 bits per heavy atom. The summed E-state index contributed by atoms with van der Waals surface area (Å²) in [6.45, 7) is 2.10. The fourth-order valence-electron chi connectivity index (χ4n) is 2.17. The molecule has 0 bridgehead atoms. The molecule has 0 aromatic heterocycles. The number of alkyl halides is 3. The van der Waals surface area contributed by atoms with Gasteiger partial charge in [-0.1, -0.05) is 0 Å². The topological polar surface area (TPSA) is 44.4 Å². The Hall–Kier alpha value is -0.530. The Bertz CT molecular complexity index is 302. The van der Waals surface area contributed by atoms with Gasteiger partial charge in [0, 0.05) is 19.1 Å². The lowest BCUT2D eigenvalue weighted by Gasteiger charge is -2.32. The first-order valence-corrected chi connectivity index (χ1v) is 6.56. The lowest BCUT2D eigenvalue weighted by Crippen LogP contribution is -2.47. The minimum Gasteiger partial charge on any atom is -0.354 e. The highest BCUT2D eigenvalue weighted by molar-refractivity contribution is 5.85. The number of rotatable bonds is 5. The zero-order valence-electron chi connectivity index (χ0n) is 11.8. The van der Waals surface area contributed by atoms with Crippen LogP contribution in [0.4, 0.5) is 13.2 Å². The number of nitrogens with zero attached hydrogens (tertiary/aromatic N) is 1. The van der Waals surface area contributed by atoms with E-state index in [1.165, 1.54) is 4.90 Å². The molecule has 4 nitrogen and oxygen atoms in total. The number of piperidine rings is 1. The van der Waals surface area contributed by atoms with Gasteiger partial charge in [-0.15, -0.1) is 12.4 Å². The molecule has 0 aromatic rings. The van der Waals surface area contributed by atoms with E-state index in [1.54, 1.807) is 7.05 Å². The molecule has 2 N–H and O–H groups in total. The van der Waals surface area contributed by atoms with Gasteiger partial charge in [-0.3, -0.25) is 9.69 Å². The first-order chi connectivity index (χ1) is 8.81. The molecule has 0 spiro atoms. The molecule has 8 heteroatoms. The van der Waals surface area contributed by atoms with Crippen LogP contribution in [0.5, 0.6) is 0 Å². The summed E-state index contributed by atoms with van der Waals surface area (Å²) in [5.74, 6) is -0.478. The van der Waals surface area contributed by atoms with Crippen LogP contribution in [-0.4, -0.2) is 56.3 Å². The average molecular weight is 318 g/mol. The Labute approximate surface area is 123 Å². The maximum Gasteiger partial charge on any atom is 0.401 e. The van der Waals surface area contributed by atoms with Crippen molar-refractivity contribution in [3.8, 4) is 0 Å². The minimum absolute atomic E-state index is 0. The summed E-state index contributed by atoms with van der Waals surface area (Å²) in [4.78, 5) is 13.2. The van der Waals surface area contributed by atoms with Gasteiger partial charge in [-0.05, 0) is 33.4 Å². The third-order valence-electron chi connectivity index (χ3n) is 3.35. The lowest BCUT2D eigenvalue weighted by molar-refractivity contribution is -0.152. The summed E-state index contributed by atoms with van der Waals surface area (Å²) >= 11 is 0. The smallest absolute Gasteiger partial charge is 0.354 e. The van der Waals surface area contributed by atoms with E-state index >= 15 is 0 Å². The average Bonchev–Trinajstić information content (AvgIpc) is 2.33. The maximum absolute atomic E-state index is 12.3. The SMILES string of the molecule is CNC(C)CNC(=O)C1CCCN(CC(F)(F)F)C1.Cl. The zero-order chi connectivity index (χ0) is 14.5. The molecule has 0 aromatic carbocycles. The Balaban J connectivity index is 0.00000361. The number of halogens is 4. The molecule has 1 rings (SSSR count). The molecule has 1 saturated heterocycles. The summed E-state index contributed by atoms with van der Waals surface area (Å²) in [5.41, 5.74) is 0. The third-order valence-corrected chi connectivity index (χ3v) is 3.35. The predicted octanol–water partition coefficient (Wildman–Crippen LogP) is 1.41. The first-order valence-electron chi connectivity index (χ1n) is 6.56. The van der Waals surface area contributed by atoms with Gasteiger partial charge in [0.15, 0.2) is 0 Å². The second kappa shape index (κ2) is 8.69. The van der Waals surface area contributed by atoms with Crippen LogP contribution in [-0.2, 0) is 4.79 Å². The highest BCUT2D eigenvalue weighted by Crippen LogP contribution is 2.22. The standard InChI is InChI=1S/C12H22F3N3O.ClH/c1-9(16-2)6-17-11(19)10-4-3-5-18(7-10)8-12(13,14)15;/h9-10,16H,3-8H2,1-2H3,(H,17,19);1H. The van der Waals surface area contributed by atoms with Crippen LogP contribution >= 0.6 is 12.4 Å². The van der Waals surface area contributed by atoms with E-state index in [0.29, 0.717) is 25.9 Å². The number of likely N-dealkylation sites (tertiary alicyclic amines) is 1. The number of hydrogen-bond acceptors (Lipinski definition) is 3. The van der Waals surface area contributed by atoms with Gasteiger partial charge in [0.2, 0.25) is 5.91 Å². The van der Waals surface area contributed by atoms with E-state index in [-0.39, 0.29) is 36.8 Å². The molecular weight excluding hydrogens is 295 g/mol. The zero-order valence-corrected chi connectivity index (χ0v) is 12.6. The molecule has 0 saturated carbocycles. The maximum atomic E-state index is 12.3. The number of carbonyl (C=O) groups excluding carboxylic acids is 1. The second-order valence-electron chi connectivity index (χ2n) is 5.12. The lowest BCUT2D eigenvalue weighted by atomic mass is 9.97. The fraction of sp³-hybridized carbons (Fsp3) is 0.917. The van der Waals surface area contributed by atoms with E-state index in [4.69, 9.17) is 0 Å². The van der Waals surface area contributed by atoms with Crippen LogP contribution < -0.4 is 10.6 Å². The van der Waals surface area contributed by atoms with Crippen molar-refractivity contribution < 1.29 is 18.0 Å². The Kier molecular flexibility index (Phi) is 8.46. The van der Waals surface area contributed by atoms with E-state index in [2.05, 4.69) is 10.6 Å². The van der Waals surface area contributed by atoms with Crippen molar-refractivity contribution >= 4 is 18.3 Å². The third kappa shape index (κ3) is 7.31. The molecular formula is C12H23ClF3N3O. The largest absolute Gasteiger partial charge is 0.401 e. The fourth-order valence-corrected chi connectivity index (χ4v) is 2.17. The summed E-state index contributed by atoms with van der Waals surface area (Å²) < 4.78 is 37.0. The monoisotopic (exact) mass is 317 g/mol. The van der Waals surface area contributed by atoms with Crippen molar-refractivity contribution in [2.24, 2.45) is 5.92 Å². The molecule has 20 heavy (non-hydrogen) atoms. The summed E-state index contributed by atoms with van der Waals surface area (Å²) in [6.07, 6.45) is -2.90. The predicted molar refractivity (Wildman–Crippen MR) is 74.0 cm³/mol. The molecule has 2 atom stereocenters. The van der Waals surface area contributed by atoms with E-state index in [9.17, 15) is 18.0 Å². The van der Waals surface area contributed by atoms with Crippen LogP contribution in [0.3, 0.4) is 0 Å². The molecule has 1 aliphatic rings. The number of hydrogen-bond donors (Lipinski definition) is 2. The van der Waals surface area contributed by atoms with Crippen LogP contribution in [0, 0.1) is 5.92 Å². The molecule has 0 aliphatic carbocycles. The van der Waals surface area contributed by atoms with E-state index in [0.717, 1.165) is 0 Å².